The molecule has 1 aromatic carbocycles. The van der Waals surface area contributed by atoms with Gasteiger partial charge in [0.15, 0.2) is 0 Å². The second-order valence-electron chi connectivity index (χ2n) is 8.05. The van der Waals surface area contributed by atoms with E-state index in [1.165, 1.54) is 48.9 Å². The van der Waals surface area contributed by atoms with Crippen LogP contribution in [0.3, 0.4) is 0 Å². The number of rotatable bonds is 5. The standard InChI is InChI=1S/C21H31N3O/c1-23-11-5-6-17-14-18(9-10-19(17)23)20(24-12-3-2-4-13-24)15-22-21(25)16-7-8-16/h9-10,14,16,20H,2-8,11-13,15H2,1H3,(H,22,25). The zero-order chi connectivity index (χ0) is 17.2. The summed E-state index contributed by atoms with van der Waals surface area (Å²) >= 11 is 0. The predicted molar refractivity (Wildman–Crippen MR) is 102 cm³/mol. The first-order chi connectivity index (χ1) is 12.2. The van der Waals surface area contributed by atoms with Crippen molar-refractivity contribution < 1.29 is 4.79 Å². The second-order valence-corrected chi connectivity index (χ2v) is 8.05. The van der Waals surface area contributed by atoms with Crippen molar-refractivity contribution in [2.45, 2.75) is 51.0 Å². The van der Waals surface area contributed by atoms with Crippen LogP contribution in [0.2, 0.25) is 0 Å². The molecule has 1 aliphatic carbocycles. The van der Waals surface area contributed by atoms with E-state index in [0.29, 0.717) is 12.0 Å². The molecule has 1 saturated carbocycles. The van der Waals surface area contributed by atoms with E-state index in [0.717, 1.165) is 39.0 Å². The summed E-state index contributed by atoms with van der Waals surface area (Å²) in [4.78, 5) is 17.1. The van der Waals surface area contributed by atoms with Gasteiger partial charge in [0.2, 0.25) is 5.91 Å². The number of hydrogen-bond acceptors (Lipinski definition) is 3. The van der Waals surface area contributed by atoms with Crippen molar-refractivity contribution >= 4 is 11.6 Å². The highest BCUT2D eigenvalue weighted by atomic mass is 16.2. The zero-order valence-electron chi connectivity index (χ0n) is 15.5. The maximum absolute atomic E-state index is 12.2. The lowest BCUT2D eigenvalue weighted by Gasteiger charge is -2.36. The number of carbonyl (C=O) groups excluding carboxylic acids is 1. The van der Waals surface area contributed by atoms with Gasteiger partial charge in [-0.25, -0.2) is 0 Å². The molecular weight excluding hydrogens is 310 g/mol. The molecule has 2 aliphatic heterocycles. The van der Waals surface area contributed by atoms with Gasteiger partial charge in [-0.2, -0.15) is 0 Å². The SMILES string of the molecule is CN1CCCc2cc(C(CNC(=O)C3CC3)N3CCCCC3)ccc21. The van der Waals surface area contributed by atoms with Crippen LogP contribution in [0, 0.1) is 5.92 Å². The predicted octanol–water partition coefficient (Wildman–Crippen LogP) is 3.12. The molecule has 1 atom stereocenters. The quantitative estimate of drug-likeness (QED) is 0.894. The molecular formula is C21H31N3O. The topological polar surface area (TPSA) is 35.6 Å². The summed E-state index contributed by atoms with van der Waals surface area (Å²) in [6.45, 7) is 4.21. The summed E-state index contributed by atoms with van der Waals surface area (Å²) in [5.74, 6) is 0.555. The Morgan fingerprint density at radius 3 is 2.72 bits per heavy atom. The third kappa shape index (κ3) is 3.84. The minimum Gasteiger partial charge on any atom is -0.374 e. The number of anilines is 1. The second kappa shape index (κ2) is 7.36. The largest absolute Gasteiger partial charge is 0.374 e. The highest BCUT2D eigenvalue weighted by Crippen LogP contribution is 2.32. The number of likely N-dealkylation sites (tertiary alicyclic amines) is 1. The van der Waals surface area contributed by atoms with Gasteiger partial charge in [0.1, 0.15) is 0 Å². The summed E-state index contributed by atoms with van der Waals surface area (Å²) < 4.78 is 0. The molecule has 3 aliphatic rings. The molecule has 2 fully saturated rings. The molecule has 25 heavy (non-hydrogen) atoms. The van der Waals surface area contributed by atoms with Crippen molar-refractivity contribution in [2.24, 2.45) is 5.92 Å². The van der Waals surface area contributed by atoms with Gasteiger partial charge in [0, 0.05) is 31.7 Å². The number of fused-ring (bicyclic) bond motifs is 1. The third-order valence-electron chi connectivity index (χ3n) is 6.09. The monoisotopic (exact) mass is 341 g/mol. The van der Waals surface area contributed by atoms with E-state index >= 15 is 0 Å². The van der Waals surface area contributed by atoms with Crippen molar-refractivity contribution in [3.8, 4) is 0 Å². The molecule has 0 aromatic heterocycles. The van der Waals surface area contributed by atoms with Gasteiger partial charge in [-0.05, 0) is 68.8 Å². The summed E-state index contributed by atoms with van der Waals surface area (Å²) in [5, 5.41) is 3.24. The minimum absolute atomic E-state index is 0.264. The smallest absolute Gasteiger partial charge is 0.223 e. The first-order valence-electron chi connectivity index (χ1n) is 10.1. The van der Waals surface area contributed by atoms with Gasteiger partial charge in [0.25, 0.3) is 0 Å². The van der Waals surface area contributed by atoms with E-state index in [9.17, 15) is 4.79 Å². The van der Waals surface area contributed by atoms with Gasteiger partial charge in [-0.3, -0.25) is 9.69 Å². The molecule has 0 bridgehead atoms. The van der Waals surface area contributed by atoms with E-state index in [2.05, 4.69) is 40.4 Å². The molecule has 1 N–H and O–H groups in total. The van der Waals surface area contributed by atoms with Crippen LogP contribution < -0.4 is 10.2 Å². The van der Waals surface area contributed by atoms with E-state index in [-0.39, 0.29) is 5.91 Å². The van der Waals surface area contributed by atoms with Gasteiger partial charge in [-0.1, -0.05) is 18.6 Å². The van der Waals surface area contributed by atoms with Crippen LogP contribution in [-0.2, 0) is 11.2 Å². The van der Waals surface area contributed by atoms with E-state index in [4.69, 9.17) is 0 Å². The van der Waals surface area contributed by atoms with Gasteiger partial charge in [-0.15, -0.1) is 0 Å². The Balaban J connectivity index is 1.54. The Kier molecular flexibility index (Phi) is 4.98. The number of nitrogens with zero attached hydrogens (tertiary/aromatic N) is 2. The number of piperidine rings is 1. The Morgan fingerprint density at radius 1 is 1.16 bits per heavy atom. The Labute approximate surface area is 151 Å². The fourth-order valence-electron chi connectivity index (χ4n) is 4.39. The molecule has 136 valence electrons. The molecule has 4 rings (SSSR count). The van der Waals surface area contributed by atoms with Crippen LogP contribution in [0.25, 0.3) is 0 Å². The molecule has 1 amide bonds. The first-order valence-corrected chi connectivity index (χ1v) is 10.1. The maximum Gasteiger partial charge on any atom is 0.223 e. The van der Waals surface area contributed by atoms with Crippen LogP contribution in [-0.4, -0.2) is 44.0 Å². The highest BCUT2D eigenvalue weighted by molar-refractivity contribution is 5.80. The lowest BCUT2D eigenvalue weighted by molar-refractivity contribution is -0.122. The summed E-state index contributed by atoms with van der Waals surface area (Å²) in [6, 6.07) is 7.32. The van der Waals surface area contributed by atoms with Crippen molar-refractivity contribution in [1.82, 2.24) is 10.2 Å². The number of hydrogen-bond donors (Lipinski definition) is 1. The fraction of sp³-hybridized carbons (Fsp3) is 0.667. The Bertz CT molecular complexity index is 620. The van der Waals surface area contributed by atoms with Crippen LogP contribution in [0.15, 0.2) is 18.2 Å². The van der Waals surface area contributed by atoms with Gasteiger partial charge < -0.3 is 10.2 Å². The molecule has 1 saturated heterocycles. The average molecular weight is 341 g/mol. The lowest BCUT2D eigenvalue weighted by atomic mass is 9.95. The summed E-state index contributed by atoms with van der Waals surface area (Å²) in [7, 11) is 2.19. The third-order valence-corrected chi connectivity index (χ3v) is 6.09. The number of nitrogens with one attached hydrogen (secondary N) is 1. The molecule has 1 aromatic rings. The van der Waals surface area contributed by atoms with Crippen molar-refractivity contribution in [3.63, 3.8) is 0 Å². The molecule has 4 heteroatoms. The molecule has 0 spiro atoms. The zero-order valence-corrected chi connectivity index (χ0v) is 15.5. The van der Waals surface area contributed by atoms with Crippen LogP contribution in [0.5, 0.6) is 0 Å². The van der Waals surface area contributed by atoms with Crippen LogP contribution in [0.4, 0.5) is 5.69 Å². The Morgan fingerprint density at radius 2 is 1.96 bits per heavy atom. The first kappa shape index (κ1) is 16.9. The normalized spacial score (nSPS) is 22.4. The van der Waals surface area contributed by atoms with Crippen molar-refractivity contribution in [3.05, 3.63) is 29.3 Å². The van der Waals surface area contributed by atoms with Gasteiger partial charge in [0.05, 0.1) is 6.04 Å². The number of aryl methyl sites for hydroxylation is 1. The Hall–Kier alpha value is -1.55. The lowest BCUT2D eigenvalue weighted by Crippen LogP contribution is -2.41. The minimum atomic E-state index is 0.264. The molecule has 4 nitrogen and oxygen atoms in total. The van der Waals surface area contributed by atoms with Crippen molar-refractivity contribution in [1.29, 1.82) is 0 Å². The molecule has 1 unspecified atom stereocenters. The van der Waals surface area contributed by atoms with Crippen LogP contribution >= 0.6 is 0 Å². The summed E-state index contributed by atoms with van der Waals surface area (Å²) in [5.41, 5.74) is 4.24. The number of amides is 1. The van der Waals surface area contributed by atoms with Crippen molar-refractivity contribution in [2.75, 3.05) is 38.1 Å². The highest BCUT2D eigenvalue weighted by Gasteiger charge is 2.31. The molecule has 2 heterocycles. The van der Waals surface area contributed by atoms with Gasteiger partial charge >= 0.3 is 0 Å². The average Bonchev–Trinajstić information content (AvgIpc) is 3.48. The fourth-order valence-corrected chi connectivity index (χ4v) is 4.39. The van der Waals surface area contributed by atoms with E-state index in [1.807, 2.05) is 0 Å². The number of carbonyl (C=O) groups is 1. The van der Waals surface area contributed by atoms with E-state index in [1.54, 1.807) is 0 Å². The van der Waals surface area contributed by atoms with E-state index < -0.39 is 0 Å². The number of benzene rings is 1. The summed E-state index contributed by atoms with van der Waals surface area (Å²) in [6.07, 6.45) is 8.46. The van der Waals surface area contributed by atoms with Crippen LogP contribution in [0.1, 0.15) is 55.7 Å². The maximum atomic E-state index is 12.2. The molecule has 0 radical (unpaired) electrons.